The minimum absolute atomic E-state index is 0. The summed E-state index contributed by atoms with van der Waals surface area (Å²) in [7, 11) is -0.601. The van der Waals surface area contributed by atoms with E-state index in [1.807, 2.05) is 24.5 Å². The molecular weight excluding hydrogens is 726 g/mol. The van der Waals surface area contributed by atoms with Gasteiger partial charge in [0.05, 0.1) is 0 Å². The number of benzene rings is 3. The van der Waals surface area contributed by atoms with Crippen LogP contribution in [0.4, 0.5) is 5.69 Å². The summed E-state index contributed by atoms with van der Waals surface area (Å²) < 4.78 is 37.0. The first-order chi connectivity index (χ1) is 19.1. The summed E-state index contributed by atoms with van der Waals surface area (Å²) >= 11 is 2.53. The van der Waals surface area contributed by atoms with Crippen molar-refractivity contribution >= 4 is 20.3 Å². The minimum atomic E-state index is -3.74. The molecule has 3 aromatic rings. The molecule has 11 heteroatoms. The van der Waals surface area contributed by atoms with Gasteiger partial charge in [-0.1, -0.05) is 0 Å². The van der Waals surface area contributed by atoms with Gasteiger partial charge in [-0.15, -0.1) is 0 Å². The quantitative estimate of drug-likeness (QED) is 0.243. The summed E-state index contributed by atoms with van der Waals surface area (Å²) in [4.78, 5) is 2.67. The molecule has 0 spiro atoms. The van der Waals surface area contributed by atoms with E-state index in [0.29, 0.717) is 12.3 Å². The van der Waals surface area contributed by atoms with Crippen LogP contribution in [0.2, 0.25) is 0 Å². The Morgan fingerprint density at radius 2 is 1.39 bits per heavy atom. The molecule has 1 unspecified atom stereocenters. The van der Waals surface area contributed by atoms with E-state index in [-0.39, 0.29) is 48.2 Å². The first-order valence-electron chi connectivity index (χ1n) is 14.0. The van der Waals surface area contributed by atoms with Gasteiger partial charge in [0.15, 0.2) is 0 Å². The van der Waals surface area contributed by atoms with Crippen LogP contribution in [-0.2, 0) is 33.5 Å². The molecular formula is C33H43Cl3N3O3RuS. The van der Waals surface area contributed by atoms with Gasteiger partial charge in [-0.2, -0.15) is 0 Å². The Hall–Kier alpha value is -1.51. The monoisotopic (exact) mass is 768 g/mol. The summed E-state index contributed by atoms with van der Waals surface area (Å²) in [6, 6.07) is 12.4. The second kappa shape index (κ2) is 15.4. The van der Waals surface area contributed by atoms with E-state index in [0.717, 1.165) is 40.0 Å². The van der Waals surface area contributed by atoms with Gasteiger partial charge in [0.1, 0.15) is 0 Å². The number of sulfonamides is 1. The number of nitrogens with zero attached hydrogens (tertiary/aromatic N) is 2. The van der Waals surface area contributed by atoms with Crippen LogP contribution in [0.15, 0.2) is 41.3 Å². The molecule has 1 atom stereocenters. The van der Waals surface area contributed by atoms with Crippen LogP contribution in [0, 0.1) is 41.5 Å². The topological polar surface area (TPSA) is 61.9 Å². The summed E-state index contributed by atoms with van der Waals surface area (Å²) in [5, 5.41) is 3.91. The number of anilines is 1. The molecule has 243 valence electrons. The number of aryl methyl sites for hydroxylation is 6. The van der Waals surface area contributed by atoms with E-state index in [4.69, 9.17) is 4.74 Å². The van der Waals surface area contributed by atoms with E-state index in [9.17, 15) is 8.42 Å². The van der Waals surface area contributed by atoms with Crippen molar-refractivity contribution < 1.29 is 68.2 Å². The van der Waals surface area contributed by atoms with Crippen molar-refractivity contribution in [2.24, 2.45) is 0 Å². The maximum atomic E-state index is 13.6. The number of hydrogen-bond donors (Lipinski definition) is 1. The van der Waals surface area contributed by atoms with Gasteiger partial charge in [-0.25, -0.2) is 0 Å². The zero-order valence-corrected chi connectivity index (χ0v) is 31.9. The molecule has 1 aliphatic rings. The first kappa shape index (κ1) is 40.5. The number of rotatable bonds is 8. The molecule has 4 rings (SSSR count). The largest absolute Gasteiger partial charge is 1.00 e. The van der Waals surface area contributed by atoms with E-state index in [1.165, 1.54) is 26.6 Å². The molecule has 6 nitrogen and oxygen atoms in total. The maximum absolute atomic E-state index is 13.6. The summed E-state index contributed by atoms with van der Waals surface area (Å²) in [6.07, 6.45) is -0.120. The van der Waals surface area contributed by atoms with Crippen molar-refractivity contribution in [3.05, 3.63) is 86.5 Å². The third-order valence-electron chi connectivity index (χ3n) is 7.79. The van der Waals surface area contributed by atoms with Gasteiger partial charge < -0.3 is 37.2 Å². The van der Waals surface area contributed by atoms with Gasteiger partial charge in [-0.05, 0) is 0 Å². The predicted octanol–water partition coefficient (Wildman–Crippen LogP) is -3.41. The standard InChI is InChI=1S/C33H43N3O3S.3ClH.Ru/c1-20(2)39-32-27(9)18-28(40(37,38)35(10)11)19-29(32)33(30-23(5)14-21(3)15-24(30)6)34-12-13-36(33)31-25(7)16-22(4)17-26(31)8;;;;/h9,14-20,34H,12-13H2,1-8,10-11H3;3*1H;/q;;;;+3/p-3. The molecule has 0 saturated carbocycles. The smallest absolute Gasteiger partial charge is 1.00 e. The van der Waals surface area contributed by atoms with Crippen LogP contribution >= 0.6 is 0 Å². The van der Waals surface area contributed by atoms with Gasteiger partial charge in [0, 0.05) is 0 Å². The molecule has 1 fully saturated rings. The average Bonchev–Trinajstić information content (AvgIpc) is 3.26. The van der Waals surface area contributed by atoms with Gasteiger partial charge in [0.2, 0.25) is 0 Å². The fourth-order valence-electron chi connectivity index (χ4n) is 6.53. The Morgan fingerprint density at radius 3 is 1.84 bits per heavy atom. The number of nitrogens with one attached hydrogen (secondary N) is 1. The third-order valence-corrected chi connectivity index (χ3v) is 10.1. The van der Waals surface area contributed by atoms with Crippen molar-refractivity contribution in [3.63, 3.8) is 0 Å². The predicted molar refractivity (Wildman–Crippen MR) is 166 cm³/mol. The van der Waals surface area contributed by atoms with Crippen molar-refractivity contribution in [1.82, 2.24) is 9.62 Å². The minimum Gasteiger partial charge on any atom is -1.00 e. The molecule has 1 aliphatic heterocycles. The fraction of sp³-hybridized carbons (Fsp3) is 0.424. The Labute approximate surface area is 292 Å². The molecule has 44 heavy (non-hydrogen) atoms. The molecule has 0 bridgehead atoms. The normalized spacial score (nSPS) is 16.3. The zero-order chi connectivity index (χ0) is 30.4. The Bertz CT molecular complexity index is 1580. The van der Waals surface area contributed by atoms with Crippen LogP contribution in [0.25, 0.3) is 0 Å². The summed E-state index contributed by atoms with van der Waals surface area (Å²) in [5.74, 6) is 0.678. The van der Waals surface area contributed by atoms with Gasteiger partial charge in [-0.3, -0.25) is 0 Å². The zero-order valence-electron chi connectivity index (χ0n) is 27.0. The van der Waals surface area contributed by atoms with E-state index < -0.39 is 15.7 Å². The van der Waals surface area contributed by atoms with Crippen molar-refractivity contribution in [2.75, 3.05) is 32.1 Å². The van der Waals surface area contributed by atoms with Crippen LogP contribution in [-0.4, -0.2) is 50.6 Å². The molecule has 0 aliphatic carbocycles. The van der Waals surface area contributed by atoms with Crippen molar-refractivity contribution in [2.45, 2.75) is 72.1 Å². The van der Waals surface area contributed by atoms with Gasteiger partial charge in [0.25, 0.3) is 0 Å². The molecule has 1 N–H and O–H groups in total. The second-order valence-electron chi connectivity index (χ2n) is 11.8. The van der Waals surface area contributed by atoms with Crippen molar-refractivity contribution in [1.29, 1.82) is 0 Å². The van der Waals surface area contributed by atoms with Crippen LogP contribution < -0.4 is 52.2 Å². The van der Waals surface area contributed by atoms with Gasteiger partial charge >= 0.3 is 257 Å². The first-order valence-corrected chi connectivity index (χ1v) is 16.5. The number of halogens is 3. The van der Waals surface area contributed by atoms with E-state index in [2.05, 4.69) is 93.9 Å². The van der Waals surface area contributed by atoms with E-state index in [1.54, 1.807) is 20.2 Å². The Balaban J connectivity index is 0.00000323. The Kier molecular flexibility index (Phi) is 14.2. The average molecular weight is 769 g/mol. The fourth-order valence-corrected chi connectivity index (χ4v) is 7.87. The van der Waals surface area contributed by atoms with Crippen molar-refractivity contribution in [3.8, 4) is 5.75 Å². The Morgan fingerprint density at radius 1 is 0.886 bits per heavy atom. The van der Waals surface area contributed by atoms with E-state index >= 15 is 0 Å². The SMILES string of the molecule is Cc1cc(C)c(N2CCNC2(c2cc(S(=O)(=O)N(C)C)cc([CH]=[Ru+3])c2OC(C)C)c2c(C)cc(C)cc2C)c(C)c1.[Cl-].[Cl-].[Cl-]. The third kappa shape index (κ3) is 7.23. The summed E-state index contributed by atoms with van der Waals surface area (Å²) in [6.45, 7) is 18.3. The number of hydrogen-bond acceptors (Lipinski definition) is 5. The molecule has 0 radical (unpaired) electrons. The molecule has 0 amide bonds. The summed E-state index contributed by atoms with van der Waals surface area (Å²) in [5.41, 5.74) is 9.92. The van der Waals surface area contributed by atoms with Crippen LogP contribution in [0.3, 0.4) is 0 Å². The molecule has 1 heterocycles. The maximum Gasteiger partial charge on any atom is -1.00 e. The number of ether oxygens (including phenoxy) is 1. The second-order valence-corrected chi connectivity index (χ2v) is 14.4. The molecule has 3 aromatic carbocycles. The molecule has 1 saturated heterocycles. The van der Waals surface area contributed by atoms with Crippen LogP contribution in [0.1, 0.15) is 63.9 Å². The van der Waals surface area contributed by atoms with Crippen LogP contribution in [0.5, 0.6) is 5.75 Å². The molecule has 0 aromatic heterocycles.